The summed E-state index contributed by atoms with van der Waals surface area (Å²) in [4.78, 5) is 30.9. The maximum atomic E-state index is 12.3. The van der Waals surface area contributed by atoms with Gasteiger partial charge in [-0.3, -0.25) is 9.47 Å². The molecule has 5 heterocycles. The minimum atomic E-state index is -0.466. The quantitative estimate of drug-likeness (QED) is 0.284. The van der Waals surface area contributed by atoms with Gasteiger partial charge in [-0.15, -0.1) is 0 Å². The Balaban J connectivity index is 1.12. The van der Waals surface area contributed by atoms with E-state index in [2.05, 4.69) is 50.8 Å². The summed E-state index contributed by atoms with van der Waals surface area (Å²) in [7, 11) is 0. The third-order valence-electron chi connectivity index (χ3n) is 8.08. The number of hydrogen-bond acceptors (Lipinski definition) is 7. The van der Waals surface area contributed by atoms with Gasteiger partial charge in [0.2, 0.25) is 0 Å². The van der Waals surface area contributed by atoms with Crippen molar-refractivity contribution in [3.8, 4) is 28.3 Å². The molecule has 0 bridgehead atoms. The van der Waals surface area contributed by atoms with Crippen LogP contribution >= 0.6 is 0 Å². The first-order valence-corrected chi connectivity index (χ1v) is 14.6. The van der Waals surface area contributed by atoms with E-state index in [0.717, 1.165) is 66.4 Å². The number of likely N-dealkylation sites (tertiary alicyclic amines) is 2. The number of ether oxygens (including phenoxy) is 1. The molecule has 218 valence electrons. The summed E-state index contributed by atoms with van der Waals surface area (Å²) in [5.41, 5.74) is 12.5. The zero-order valence-corrected chi connectivity index (χ0v) is 24.7. The van der Waals surface area contributed by atoms with Gasteiger partial charge >= 0.3 is 6.09 Å². The Bertz CT molecular complexity index is 1790. The summed E-state index contributed by atoms with van der Waals surface area (Å²) < 4.78 is 7.59. The number of hydrogen-bond donors (Lipinski definition) is 1. The number of carbonyl (C=O) groups excluding carboxylic acids is 1. The average Bonchev–Trinajstić information content (AvgIpc) is 3.32. The molecule has 9 nitrogen and oxygen atoms in total. The number of aromatic nitrogens is 4. The molecule has 2 aliphatic heterocycles. The first-order chi connectivity index (χ1) is 20.7. The maximum absolute atomic E-state index is 12.3. The summed E-state index contributed by atoms with van der Waals surface area (Å²) >= 11 is 0. The van der Waals surface area contributed by atoms with E-state index in [1.807, 2.05) is 68.1 Å². The van der Waals surface area contributed by atoms with Crippen molar-refractivity contribution in [2.45, 2.75) is 32.9 Å². The first-order valence-electron chi connectivity index (χ1n) is 14.6. The minimum Gasteiger partial charge on any atom is -0.444 e. The van der Waals surface area contributed by atoms with E-state index in [1.165, 1.54) is 5.56 Å². The Kier molecular flexibility index (Phi) is 6.43. The van der Waals surface area contributed by atoms with E-state index in [0.29, 0.717) is 11.6 Å². The molecule has 0 radical (unpaired) electrons. The predicted octanol–water partition coefficient (Wildman–Crippen LogP) is 5.78. The number of pyridine rings is 2. The number of imidazole rings is 1. The second-order valence-electron chi connectivity index (χ2n) is 12.8. The highest BCUT2D eigenvalue weighted by molar-refractivity contribution is 5.84. The SMILES string of the molecule is CC(C)(C)OC(=O)N1CC2(CN(Cc3ccc(-n4c(-c5cccnc5N)nc5ccc(-c6ccccc6)nc54)cc3)C2)C1. The molecule has 3 aromatic heterocycles. The van der Waals surface area contributed by atoms with Gasteiger partial charge < -0.3 is 15.4 Å². The summed E-state index contributed by atoms with van der Waals surface area (Å²) in [6, 6.07) is 26.5. The van der Waals surface area contributed by atoms with Crippen molar-refractivity contribution in [1.82, 2.24) is 29.3 Å². The molecule has 7 rings (SSSR count). The van der Waals surface area contributed by atoms with E-state index < -0.39 is 5.60 Å². The monoisotopic (exact) mass is 573 g/mol. The van der Waals surface area contributed by atoms with Gasteiger partial charge in [0.1, 0.15) is 16.9 Å². The van der Waals surface area contributed by atoms with Gasteiger partial charge in [-0.1, -0.05) is 42.5 Å². The van der Waals surface area contributed by atoms with Crippen LogP contribution in [0.25, 0.3) is 39.5 Å². The van der Waals surface area contributed by atoms with Crippen molar-refractivity contribution in [3.63, 3.8) is 0 Å². The Morgan fingerprint density at radius 2 is 1.65 bits per heavy atom. The van der Waals surface area contributed by atoms with Gasteiger partial charge in [0.15, 0.2) is 11.5 Å². The summed E-state index contributed by atoms with van der Waals surface area (Å²) in [6.07, 6.45) is 1.47. The van der Waals surface area contributed by atoms with E-state index >= 15 is 0 Å². The van der Waals surface area contributed by atoms with Gasteiger partial charge in [-0.2, -0.15) is 0 Å². The highest BCUT2D eigenvalue weighted by Crippen LogP contribution is 2.41. The number of anilines is 1. The molecular formula is C34H35N7O2. The zero-order chi connectivity index (χ0) is 29.8. The molecule has 2 N–H and O–H groups in total. The number of benzene rings is 2. The van der Waals surface area contributed by atoms with Crippen LogP contribution in [0.2, 0.25) is 0 Å². The van der Waals surface area contributed by atoms with E-state index in [-0.39, 0.29) is 11.5 Å². The largest absolute Gasteiger partial charge is 0.444 e. The molecule has 2 saturated heterocycles. The standard InChI is InChI=1S/C34H35N7O2/c1-33(2,3)43-32(42)40-21-34(22-40)19-39(20-34)18-23-11-13-25(14-12-23)41-30(26-10-7-17-36-29(26)35)38-28-16-15-27(37-31(28)41)24-8-5-4-6-9-24/h4-17H,18-22H2,1-3H3,(H2,35,36). The molecule has 0 unspecified atom stereocenters. The predicted molar refractivity (Wildman–Crippen MR) is 167 cm³/mol. The summed E-state index contributed by atoms with van der Waals surface area (Å²) in [5, 5.41) is 0. The number of nitrogens with zero attached hydrogens (tertiary/aromatic N) is 6. The Morgan fingerprint density at radius 3 is 2.35 bits per heavy atom. The molecule has 43 heavy (non-hydrogen) atoms. The van der Waals surface area contributed by atoms with Crippen molar-refractivity contribution in [3.05, 3.63) is 90.6 Å². The molecule has 9 heteroatoms. The van der Waals surface area contributed by atoms with Crippen LogP contribution in [0.3, 0.4) is 0 Å². The molecule has 2 aromatic carbocycles. The van der Waals surface area contributed by atoms with Crippen molar-refractivity contribution in [2.24, 2.45) is 5.41 Å². The summed E-state index contributed by atoms with van der Waals surface area (Å²) in [5.74, 6) is 1.13. The lowest BCUT2D eigenvalue weighted by Crippen LogP contribution is -2.72. The number of amides is 1. The van der Waals surface area contributed by atoms with Crippen LogP contribution in [0.5, 0.6) is 0 Å². The molecule has 2 fully saturated rings. The number of nitrogens with two attached hydrogens (primary N) is 1. The number of rotatable bonds is 5. The lowest BCUT2D eigenvalue weighted by molar-refractivity contribution is -0.115. The first kappa shape index (κ1) is 27.1. The van der Waals surface area contributed by atoms with E-state index in [1.54, 1.807) is 6.20 Å². The van der Waals surface area contributed by atoms with Crippen LogP contribution in [0.1, 0.15) is 26.3 Å². The minimum absolute atomic E-state index is 0.202. The fourth-order valence-electron chi connectivity index (χ4n) is 6.20. The van der Waals surface area contributed by atoms with Crippen LogP contribution in [-0.4, -0.2) is 67.2 Å². The highest BCUT2D eigenvalue weighted by atomic mass is 16.6. The maximum Gasteiger partial charge on any atom is 0.410 e. The fourth-order valence-corrected chi connectivity index (χ4v) is 6.20. The van der Waals surface area contributed by atoms with Gasteiger partial charge in [-0.05, 0) is 62.7 Å². The second kappa shape index (κ2) is 10.2. The smallest absolute Gasteiger partial charge is 0.410 e. The normalized spacial score (nSPS) is 16.2. The second-order valence-corrected chi connectivity index (χ2v) is 12.8. The number of fused-ring (bicyclic) bond motifs is 1. The molecule has 0 saturated carbocycles. The van der Waals surface area contributed by atoms with Crippen LogP contribution in [0, 0.1) is 5.41 Å². The summed E-state index contributed by atoms with van der Waals surface area (Å²) in [6.45, 7) is 10.1. The van der Waals surface area contributed by atoms with Crippen molar-refractivity contribution in [1.29, 1.82) is 0 Å². The van der Waals surface area contributed by atoms with Gasteiger partial charge in [0.05, 0.1) is 11.3 Å². The van der Waals surface area contributed by atoms with E-state index in [4.69, 9.17) is 20.4 Å². The molecule has 1 amide bonds. The average molecular weight is 574 g/mol. The van der Waals surface area contributed by atoms with Gasteiger partial charge in [-0.25, -0.2) is 19.7 Å². The lowest BCUT2D eigenvalue weighted by Gasteiger charge is -2.60. The fraction of sp³-hybridized carbons (Fsp3) is 0.294. The van der Waals surface area contributed by atoms with Crippen LogP contribution < -0.4 is 5.73 Å². The van der Waals surface area contributed by atoms with E-state index in [9.17, 15) is 4.79 Å². The third-order valence-corrected chi connectivity index (χ3v) is 8.08. The third kappa shape index (κ3) is 5.21. The molecule has 2 aliphatic rings. The highest BCUT2D eigenvalue weighted by Gasteiger charge is 2.53. The lowest BCUT2D eigenvalue weighted by atomic mass is 9.73. The van der Waals surface area contributed by atoms with Crippen LogP contribution in [-0.2, 0) is 11.3 Å². The van der Waals surface area contributed by atoms with Gasteiger partial charge in [0.25, 0.3) is 0 Å². The Morgan fingerprint density at radius 1 is 0.907 bits per heavy atom. The molecule has 1 spiro atoms. The number of nitrogen functional groups attached to an aromatic ring is 1. The van der Waals surface area contributed by atoms with Crippen LogP contribution in [0.4, 0.5) is 10.6 Å². The van der Waals surface area contributed by atoms with Crippen LogP contribution in [0.15, 0.2) is 85.1 Å². The van der Waals surface area contributed by atoms with Crippen molar-refractivity contribution < 1.29 is 9.53 Å². The molecule has 0 atom stereocenters. The zero-order valence-electron chi connectivity index (χ0n) is 24.7. The molecule has 5 aromatic rings. The molecular weight excluding hydrogens is 538 g/mol. The molecule has 0 aliphatic carbocycles. The van der Waals surface area contributed by atoms with Gasteiger partial charge in [0, 0.05) is 55.6 Å². The Hall–Kier alpha value is -4.76. The van der Waals surface area contributed by atoms with Crippen molar-refractivity contribution in [2.75, 3.05) is 31.9 Å². The number of carbonyl (C=O) groups is 1. The Labute approximate surface area is 250 Å². The van der Waals surface area contributed by atoms with Crippen molar-refractivity contribution >= 4 is 23.1 Å². The topological polar surface area (TPSA) is 102 Å².